The van der Waals surface area contributed by atoms with Crippen LogP contribution in [-0.2, 0) is 37.9 Å². The average Bonchev–Trinajstić information content (AvgIpc) is 3.16. The van der Waals surface area contributed by atoms with Gasteiger partial charge in [0.2, 0.25) is 0 Å². The molecule has 2 aliphatic heterocycles. The van der Waals surface area contributed by atoms with E-state index in [1.54, 1.807) is 0 Å². The minimum atomic E-state index is -0.0746. The molecule has 0 saturated carbocycles. The van der Waals surface area contributed by atoms with Gasteiger partial charge in [0.1, 0.15) is 0 Å². The molecule has 0 saturated heterocycles. The number of benzene rings is 5. The highest BCUT2D eigenvalue weighted by molar-refractivity contribution is 7.00. The maximum absolute atomic E-state index is 2.72. The zero-order valence-corrected chi connectivity index (χ0v) is 40.9. The van der Waals surface area contributed by atoms with Gasteiger partial charge in [-0.05, 0) is 167 Å². The predicted octanol–water partition coefficient (Wildman–Crippen LogP) is 14.4. The lowest BCUT2D eigenvalue weighted by Crippen LogP contribution is -2.62. The molecule has 0 N–H and O–H groups in total. The van der Waals surface area contributed by atoms with Gasteiger partial charge in [0.15, 0.2) is 0 Å². The van der Waals surface area contributed by atoms with E-state index < -0.39 is 0 Å². The van der Waals surface area contributed by atoms with E-state index in [4.69, 9.17) is 0 Å². The van der Waals surface area contributed by atoms with Gasteiger partial charge in [0.25, 0.3) is 6.71 Å². The molecule has 0 unspecified atom stereocenters. The Labute approximate surface area is 370 Å². The van der Waals surface area contributed by atoms with E-state index in [1.165, 1.54) is 115 Å². The molecule has 0 amide bonds. The zero-order chi connectivity index (χ0) is 44.2. The monoisotopic (exact) mass is 809 g/mol. The van der Waals surface area contributed by atoms with Crippen LogP contribution in [0.5, 0.6) is 0 Å². The molecule has 0 bridgehead atoms. The Kier molecular flexibility index (Phi) is 9.07. The van der Waals surface area contributed by atoms with Gasteiger partial charge < -0.3 is 9.80 Å². The number of rotatable bonds is 2. The molecule has 2 aliphatic carbocycles. The van der Waals surface area contributed by atoms with Crippen molar-refractivity contribution in [3.05, 3.63) is 124 Å². The summed E-state index contributed by atoms with van der Waals surface area (Å²) < 4.78 is 0. The molecule has 0 atom stereocenters. The highest BCUT2D eigenvalue weighted by Gasteiger charge is 2.48. The molecule has 0 spiro atoms. The highest BCUT2D eigenvalue weighted by atomic mass is 15.2. The van der Waals surface area contributed by atoms with Crippen LogP contribution in [0.4, 0.5) is 34.1 Å². The van der Waals surface area contributed by atoms with Gasteiger partial charge in [-0.2, -0.15) is 0 Å². The molecule has 318 valence electrons. The molecule has 61 heavy (non-hydrogen) atoms. The Hall–Kier alpha value is -4.24. The van der Waals surface area contributed by atoms with Gasteiger partial charge in [-0.1, -0.05) is 154 Å². The van der Waals surface area contributed by atoms with Gasteiger partial charge in [0, 0.05) is 34.1 Å². The molecule has 5 aromatic carbocycles. The smallest absolute Gasteiger partial charge is 0.252 e. The lowest BCUT2D eigenvalue weighted by molar-refractivity contribution is 0.332. The van der Waals surface area contributed by atoms with Crippen LogP contribution >= 0.6 is 0 Å². The van der Waals surface area contributed by atoms with Crippen molar-refractivity contribution in [1.82, 2.24) is 0 Å². The van der Waals surface area contributed by atoms with Crippen LogP contribution in [0.25, 0.3) is 0 Å². The standard InChI is InChI=1S/C58H73BN2/c1-52(2,3)36-18-21-39(22-19-36)60-47-25-20-37(53(4,5)6)30-45(47)59-46-34-43-44(58(16,17)29-28-57(43,14)15)35-48(46)61(50-32-38(54(7,8)9)31-49(60)51(50)59)40-23-24-41-42(33-40)56(12,13)27-26-55(41,10)11/h18-25,30-35H,26-29H2,1-17H3. The maximum Gasteiger partial charge on any atom is 0.252 e. The molecule has 3 heteroatoms. The molecule has 4 aliphatic rings. The first kappa shape index (κ1) is 42.1. The summed E-state index contributed by atoms with van der Waals surface area (Å²) in [6.45, 7) is 41.1. The second-order valence-corrected chi connectivity index (χ2v) is 25.3. The predicted molar refractivity (Wildman–Crippen MR) is 267 cm³/mol. The Morgan fingerprint density at radius 1 is 0.377 bits per heavy atom. The van der Waals surface area contributed by atoms with Crippen molar-refractivity contribution >= 4 is 57.2 Å². The van der Waals surface area contributed by atoms with Gasteiger partial charge in [-0.15, -0.1) is 0 Å². The summed E-state index contributed by atoms with van der Waals surface area (Å²) in [7, 11) is 0. The van der Waals surface area contributed by atoms with Crippen molar-refractivity contribution in [3.8, 4) is 0 Å². The summed E-state index contributed by atoms with van der Waals surface area (Å²) in [5.74, 6) is 0. The van der Waals surface area contributed by atoms with E-state index in [2.05, 4.69) is 212 Å². The molecule has 0 fully saturated rings. The van der Waals surface area contributed by atoms with E-state index in [9.17, 15) is 0 Å². The number of hydrogen-bond acceptors (Lipinski definition) is 2. The average molecular weight is 809 g/mol. The van der Waals surface area contributed by atoms with E-state index in [-0.39, 0.29) is 44.6 Å². The SMILES string of the molecule is CC(C)(C)c1ccc(N2c3ccc(C(C)(C)C)cc3B3c4cc5c(cc4N(c4ccc6c(c4)C(C)(C)CCC6(C)C)c4cc(C(C)(C)C)cc2c43)C(C)(C)CCC5(C)C)cc1. The Morgan fingerprint density at radius 2 is 0.803 bits per heavy atom. The summed E-state index contributed by atoms with van der Waals surface area (Å²) in [6.07, 6.45) is 4.78. The molecular weight excluding hydrogens is 735 g/mol. The molecule has 0 aromatic heterocycles. The van der Waals surface area contributed by atoms with Crippen LogP contribution in [0.2, 0.25) is 0 Å². The molecule has 5 aromatic rings. The van der Waals surface area contributed by atoms with Crippen LogP contribution in [0.1, 0.15) is 182 Å². The fourth-order valence-electron chi connectivity index (χ4n) is 11.3. The zero-order valence-electron chi connectivity index (χ0n) is 40.9. The largest absolute Gasteiger partial charge is 0.311 e. The van der Waals surface area contributed by atoms with Crippen LogP contribution in [0, 0.1) is 0 Å². The van der Waals surface area contributed by atoms with Gasteiger partial charge in [-0.3, -0.25) is 0 Å². The first-order chi connectivity index (χ1) is 28.1. The highest BCUT2D eigenvalue weighted by Crippen LogP contribution is 2.53. The topological polar surface area (TPSA) is 6.48 Å². The number of hydrogen-bond donors (Lipinski definition) is 0. The number of fused-ring (bicyclic) bond motifs is 6. The van der Waals surface area contributed by atoms with Gasteiger partial charge in [0.05, 0.1) is 0 Å². The number of nitrogens with zero attached hydrogens (tertiary/aromatic N) is 2. The Balaban J connectivity index is 1.43. The third-order valence-corrected chi connectivity index (χ3v) is 15.9. The lowest BCUT2D eigenvalue weighted by Gasteiger charge is -2.48. The van der Waals surface area contributed by atoms with Crippen LogP contribution in [0.15, 0.2) is 84.9 Å². The first-order valence-electron chi connectivity index (χ1n) is 23.5. The van der Waals surface area contributed by atoms with E-state index >= 15 is 0 Å². The van der Waals surface area contributed by atoms with Gasteiger partial charge >= 0.3 is 0 Å². The minimum absolute atomic E-state index is 0.00251. The fraction of sp³-hybridized carbons (Fsp3) is 0.483. The quantitative estimate of drug-likeness (QED) is 0.161. The first-order valence-corrected chi connectivity index (χ1v) is 23.5. The van der Waals surface area contributed by atoms with E-state index in [0.717, 1.165) is 0 Å². The summed E-state index contributed by atoms with van der Waals surface area (Å²) in [6, 6.07) is 35.0. The summed E-state index contributed by atoms with van der Waals surface area (Å²) in [4.78, 5) is 5.33. The molecule has 0 radical (unpaired) electrons. The fourth-order valence-corrected chi connectivity index (χ4v) is 11.3. The van der Waals surface area contributed by atoms with Crippen LogP contribution < -0.4 is 26.2 Å². The summed E-state index contributed by atoms with van der Waals surface area (Å²) >= 11 is 0. The van der Waals surface area contributed by atoms with Crippen LogP contribution in [0.3, 0.4) is 0 Å². The van der Waals surface area contributed by atoms with E-state index in [0.29, 0.717) is 0 Å². The maximum atomic E-state index is 2.72. The third kappa shape index (κ3) is 6.64. The molecule has 9 rings (SSSR count). The summed E-state index contributed by atoms with van der Waals surface area (Å²) in [5.41, 5.74) is 22.6. The normalized spacial score (nSPS) is 19.4. The molecule has 2 heterocycles. The molecule has 2 nitrogen and oxygen atoms in total. The summed E-state index contributed by atoms with van der Waals surface area (Å²) in [5, 5.41) is 0. The van der Waals surface area contributed by atoms with Crippen molar-refractivity contribution in [2.45, 2.75) is 181 Å². The number of anilines is 6. The van der Waals surface area contributed by atoms with Crippen molar-refractivity contribution < 1.29 is 0 Å². The lowest BCUT2D eigenvalue weighted by atomic mass is 9.32. The Bertz CT molecular complexity index is 2600. The molecular formula is C58H73BN2. The van der Waals surface area contributed by atoms with Crippen molar-refractivity contribution in [2.75, 3.05) is 9.80 Å². The Morgan fingerprint density at radius 3 is 1.33 bits per heavy atom. The van der Waals surface area contributed by atoms with Crippen molar-refractivity contribution in [1.29, 1.82) is 0 Å². The van der Waals surface area contributed by atoms with Gasteiger partial charge in [-0.25, -0.2) is 0 Å². The second kappa shape index (κ2) is 13.2. The van der Waals surface area contributed by atoms with Crippen LogP contribution in [-0.4, -0.2) is 6.71 Å². The van der Waals surface area contributed by atoms with Crippen molar-refractivity contribution in [2.24, 2.45) is 0 Å². The second-order valence-electron chi connectivity index (χ2n) is 25.3. The van der Waals surface area contributed by atoms with Crippen molar-refractivity contribution in [3.63, 3.8) is 0 Å². The third-order valence-electron chi connectivity index (χ3n) is 15.9. The minimum Gasteiger partial charge on any atom is -0.311 e. The van der Waals surface area contributed by atoms with E-state index in [1.807, 2.05) is 0 Å².